The van der Waals surface area contributed by atoms with Crippen LogP contribution in [0.3, 0.4) is 0 Å². The summed E-state index contributed by atoms with van der Waals surface area (Å²) in [5.74, 6) is -3.73. The second-order valence-electron chi connectivity index (χ2n) is 5.79. The Kier molecular flexibility index (Phi) is 7.11. The van der Waals surface area contributed by atoms with Gasteiger partial charge in [-0.1, -0.05) is 0 Å². The molecule has 0 aliphatic carbocycles. The van der Waals surface area contributed by atoms with Gasteiger partial charge >= 0.3 is 11.9 Å². The van der Waals surface area contributed by atoms with Crippen LogP contribution >= 0.6 is 0 Å². The lowest BCUT2D eigenvalue weighted by atomic mass is 10.1. The van der Waals surface area contributed by atoms with E-state index in [0.29, 0.717) is 12.8 Å². The number of carboxylic acids is 2. The third-order valence-electron chi connectivity index (χ3n) is 3.87. The molecule has 0 spiro atoms. The molecule has 6 N–H and O–H groups in total. The highest BCUT2D eigenvalue weighted by atomic mass is 16.4. The van der Waals surface area contributed by atoms with E-state index in [1.165, 1.54) is 6.92 Å². The molecule has 10 heteroatoms. The maximum atomic E-state index is 12.5. The number of carboxylic acid groups (broad SMARTS) is 2. The van der Waals surface area contributed by atoms with Crippen molar-refractivity contribution < 1.29 is 34.5 Å². The first-order valence-corrected chi connectivity index (χ1v) is 7.64. The molecule has 0 radical (unpaired) electrons. The molecule has 2 amide bonds. The summed E-state index contributed by atoms with van der Waals surface area (Å²) in [6.45, 7) is 1.51. The predicted octanol–water partition coefficient (Wildman–Crippen LogP) is -1.88. The van der Waals surface area contributed by atoms with E-state index in [9.17, 15) is 24.3 Å². The van der Waals surface area contributed by atoms with Gasteiger partial charge in [-0.25, -0.2) is 4.79 Å². The molecule has 1 aliphatic rings. The van der Waals surface area contributed by atoms with Gasteiger partial charge < -0.3 is 31.3 Å². The van der Waals surface area contributed by atoms with Crippen LogP contribution in [0.15, 0.2) is 0 Å². The highest BCUT2D eigenvalue weighted by Crippen LogP contribution is 2.19. The van der Waals surface area contributed by atoms with Crippen LogP contribution in [0.4, 0.5) is 0 Å². The molecule has 10 nitrogen and oxygen atoms in total. The third kappa shape index (κ3) is 5.17. The predicted molar refractivity (Wildman–Crippen MR) is 80.8 cm³/mol. The average Bonchev–Trinajstić information content (AvgIpc) is 2.98. The van der Waals surface area contributed by atoms with Crippen LogP contribution < -0.4 is 11.1 Å². The number of hydrogen-bond donors (Lipinski definition) is 5. The number of aliphatic hydroxyl groups is 1. The second-order valence-corrected chi connectivity index (χ2v) is 5.79. The molecule has 0 aromatic carbocycles. The Morgan fingerprint density at radius 3 is 2.42 bits per heavy atom. The Labute approximate surface area is 138 Å². The maximum Gasteiger partial charge on any atom is 0.326 e. The number of nitrogens with one attached hydrogen (secondary N) is 1. The first-order valence-electron chi connectivity index (χ1n) is 7.64. The zero-order valence-electron chi connectivity index (χ0n) is 13.3. The minimum Gasteiger partial charge on any atom is -0.481 e. The fourth-order valence-corrected chi connectivity index (χ4v) is 2.52. The molecule has 136 valence electrons. The maximum absolute atomic E-state index is 12.5. The Hall–Kier alpha value is -2.20. The van der Waals surface area contributed by atoms with Gasteiger partial charge in [0.1, 0.15) is 12.1 Å². The highest BCUT2D eigenvalue weighted by Gasteiger charge is 2.39. The summed E-state index contributed by atoms with van der Waals surface area (Å²) in [6.07, 6.45) is -0.873. The number of rotatable bonds is 8. The van der Waals surface area contributed by atoms with E-state index in [-0.39, 0.29) is 19.4 Å². The number of amides is 2. The number of aliphatic hydroxyl groups excluding tert-OH is 1. The normalized spacial score (nSPS) is 21.0. The van der Waals surface area contributed by atoms with Crippen LogP contribution in [0.25, 0.3) is 0 Å². The van der Waals surface area contributed by atoms with Crippen LogP contribution in [0.5, 0.6) is 0 Å². The van der Waals surface area contributed by atoms with Crippen LogP contribution in [-0.4, -0.2) is 74.7 Å². The number of aliphatic carboxylic acids is 2. The van der Waals surface area contributed by atoms with Gasteiger partial charge in [0.15, 0.2) is 0 Å². The van der Waals surface area contributed by atoms with Gasteiger partial charge in [-0.05, 0) is 26.2 Å². The lowest BCUT2D eigenvalue weighted by Gasteiger charge is -2.29. The van der Waals surface area contributed by atoms with Crippen molar-refractivity contribution >= 4 is 23.8 Å². The van der Waals surface area contributed by atoms with Crippen molar-refractivity contribution in [2.24, 2.45) is 5.73 Å². The zero-order chi connectivity index (χ0) is 18.4. The molecular weight excluding hydrogens is 322 g/mol. The van der Waals surface area contributed by atoms with Gasteiger partial charge in [-0.3, -0.25) is 14.4 Å². The van der Waals surface area contributed by atoms with Crippen molar-refractivity contribution in [1.29, 1.82) is 0 Å². The van der Waals surface area contributed by atoms with E-state index >= 15 is 0 Å². The van der Waals surface area contributed by atoms with Crippen LogP contribution in [-0.2, 0) is 19.2 Å². The minimum atomic E-state index is -1.34. The van der Waals surface area contributed by atoms with Crippen molar-refractivity contribution in [2.75, 3.05) is 6.54 Å². The molecule has 0 bridgehead atoms. The summed E-state index contributed by atoms with van der Waals surface area (Å²) in [5.41, 5.74) is 5.57. The Morgan fingerprint density at radius 1 is 1.29 bits per heavy atom. The first kappa shape index (κ1) is 19.8. The molecule has 1 rings (SSSR count). The molecule has 4 atom stereocenters. The number of carbonyl (C=O) groups is 4. The monoisotopic (exact) mass is 345 g/mol. The standard InChI is InChI=1S/C14H23N3O7/c1-7(18)11(16-12(21)8(15)4-5-10(19)20)13(22)17-6-2-3-9(17)14(23)24/h7-9,11,18H,2-6,15H2,1H3,(H,16,21)(H,19,20)(H,23,24). The number of likely N-dealkylation sites (tertiary alicyclic amines) is 1. The Morgan fingerprint density at radius 2 is 1.92 bits per heavy atom. The van der Waals surface area contributed by atoms with Crippen molar-refractivity contribution in [3.63, 3.8) is 0 Å². The third-order valence-corrected chi connectivity index (χ3v) is 3.87. The SMILES string of the molecule is CC(O)C(NC(=O)C(N)CCC(=O)O)C(=O)N1CCCC1C(=O)O. The molecule has 24 heavy (non-hydrogen) atoms. The van der Waals surface area contributed by atoms with Crippen LogP contribution in [0.2, 0.25) is 0 Å². The summed E-state index contributed by atoms with van der Waals surface area (Å²) >= 11 is 0. The summed E-state index contributed by atoms with van der Waals surface area (Å²) in [5, 5.41) is 29.8. The van der Waals surface area contributed by atoms with Crippen molar-refractivity contribution in [3.8, 4) is 0 Å². The summed E-state index contributed by atoms with van der Waals surface area (Å²) in [6, 6.07) is -3.48. The molecule has 1 aliphatic heterocycles. The van der Waals surface area contributed by atoms with Gasteiger partial charge in [-0.2, -0.15) is 0 Å². The van der Waals surface area contributed by atoms with E-state index in [4.69, 9.17) is 15.9 Å². The van der Waals surface area contributed by atoms with E-state index < -0.39 is 48.0 Å². The largest absolute Gasteiger partial charge is 0.481 e. The molecule has 0 aromatic heterocycles. The van der Waals surface area contributed by atoms with Crippen LogP contribution in [0, 0.1) is 0 Å². The van der Waals surface area contributed by atoms with Crippen molar-refractivity contribution in [2.45, 2.75) is 56.8 Å². The fourth-order valence-electron chi connectivity index (χ4n) is 2.52. The molecule has 0 aromatic rings. The molecule has 1 heterocycles. The van der Waals surface area contributed by atoms with Gasteiger partial charge in [0.05, 0.1) is 12.1 Å². The van der Waals surface area contributed by atoms with Crippen LogP contribution in [0.1, 0.15) is 32.6 Å². The second kappa shape index (κ2) is 8.60. The first-order chi connectivity index (χ1) is 11.1. The van der Waals surface area contributed by atoms with Gasteiger partial charge in [0, 0.05) is 13.0 Å². The number of nitrogens with two attached hydrogens (primary N) is 1. The molecule has 0 saturated carbocycles. The molecular formula is C14H23N3O7. The number of nitrogens with zero attached hydrogens (tertiary/aromatic N) is 1. The van der Waals surface area contributed by atoms with E-state index in [1.807, 2.05) is 0 Å². The van der Waals surface area contributed by atoms with E-state index in [1.54, 1.807) is 0 Å². The lowest BCUT2D eigenvalue weighted by molar-refractivity contribution is -0.150. The molecule has 1 fully saturated rings. The summed E-state index contributed by atoms with van der Waals surface area (Å²) < 4.78 is 0. The smallest absolute Gasteiger partial charge is 0.326 e. The minimum absolute atomic E-state index is 0.122. The van der Waals surface area contributed by atoms with Crippen molar-refractivity contribution in [1.82, 2.24) is 10.2 Å². The zero-order valence-corrected chi connectivity index (χ0v) is 13.3. The Bertz CT molecular complexity index is 509. The summed E-state index contributed by atoms with van der Waals surface area (Å²) in [4.78, 5) is 47.2. The topological polar surface area (TPSA) is 170 Å². The summed E-state index contributed by atoms with van der Waals surface area (Å²) in [7, 11) is 0. The fraction of sp³-hybridized carbons (Fsp3) is 0.714. The molecule has 4 unspecified atom stereocenters. The Balaban J connectivity index is 2.76. The lowest BCUT2D eigenvalue weighted by Crippen LogP contribution is -2.58. The highest BCUT2D eigenvalue weighted by molar-refractivity contribution is 5.92. The van der Waals surface area contributed by atoms with E-state index in [0.717, 1.165) is 4.90 Å². The average molecular weight is 345 g/mol. The van der Waals surface area contributed by atoms with Gasteiger partial charge in [0.2, 0.25) is 11.8 Å². The molecule has 1 saturated heterocycles. The number of hydrogen-bond acceptors (Lipinski definition) is 6. The quantitative estimate of drug-likeness (QED) is 0.340. The van der Waals surface area contributed by atoms with Gasteiger partial charge in [0.25, 0.3) is 0 Å². The number of carbonyl (C=O) groups excluding carboxylic acids is 2. The van der Waals surface area contributed by atoms with E-state index in [2.05, 4.69) is 5.32 Å². The van der Waals surface area contributed by atoms with Crippen molar-refractivity contribution in [3.05, 3.63) is 0 Å². The van der Waals surface area contributed by atoms with Gasteiger partial charge in [-0.15, -0.1) is 0 Å².